The van der Waals surface area contributed by atoms with Gasteiger partial charge in [-0.3, -0.25) is 4.90 Å². The highest BCUT2D eigenvalue weighted by Crippen LogP contribution is 2.34. The van der Waals surface area contributed by atoms with E-state index < -0.39 is 0 Å². The number of methoxy groups -OCH3 is 1. The molecule has 1 atom stereocenters. The third kappa shape index (κ3) is 4.04. The third-order valence-electron chi connectivity index (χ3n) is 7.41. The second-order valence-electron chi connectivity index (χ2n) is 9.52. The van der Waals surface area contributed by atoms with Crippen LogP contribution in [-0.4, -0.2) is 52.7 Å². The van der Waals surface area contributed by atoms with Crippen LogP contribution in [0.1, 0.15) is 42.6 Å². The first-order valence-corrected chi connectivity index (χ1v) is 12.6. The molecule has 6 nitrogen and oxygen atoms in total. The highest BCUT2D eigenvalue weighted by atomic mass is 35.5. The van der Waals surface area contributed by atoms with E-state index in [0.29, 0.717) is 17.1 Å². The maximum atomic E-state index is 6.58. The molecular formula is C27H30ClN5O. The van der Waals surface area contributed by atoms with Gasteiger partial charge in [0.2, 0.25) is 0 Å². The van der Waals surface area contributed by atoms with Crippen LogP contribution in [0.25, 0.3) is 21.9 Å². The fourth-order valence-electron chi connectivity index (χ4n) is 5.60. The first-order valence-electron chi connectivity index (χ1n) is 12.2. The van der Waals surface area contributed by atoms with Gasteiger partial charge in [-0.15, -0.1) is 0 Å². The number of likely N-dealkylation sites (tertiary alicyclic amines) is 1. The Hall–Kier alpha value is -2.67. The summed E-state index contributed by atoms with van der Waals surface area (Å²) >= 11 is 6.58. The molecule has 1 N–H and O–H groups in total. The van der Waals surface area contributed by atoms with E-state index >= 15 is 0 Å². The molecule has 2 saturated heterocycles. The largest absolute Gasteiger partial charge is 0.497 e. The average molecular weight is 476 g/mol. The quantitative estimate of drug-likeness (QED) is 0.404. The Balaban J connectivity index is 1.21. The van der Waals surface area contributed by atoms with Crippen molar-refractivity contribution in [3.05, 3.63) is 65.1 Å². The van der Waals surface area contributed by atoms with Gasteiger partial charge < -0.3 is 14.6 Å². The van der Waals surface area contributed by atoms with Crippen LogP contribution in [0.2, 0.25) is 5.15 Å². The number of aromatic nitrogens is 3. The van der Waals surface area contributed by atoms with Crippen LogP contribution in [-0.2, 0) is 6.54 Å². The number of para-hydroxylation sites is 2. The van der Waals surface area contributed by atoms with E-state index in [2.05, 4.69) is 50.1 Å². The lowest BCUT2D eigenvalue weighted by atomic mass is 10.0. The normalized spacial score (nSPS) is 19.9. The molecule has 1 unspecified atom stereocenters. The Bertz CT molecular complexity index is 1320. The van der Waals surface area contributed by atoms with Gasteiger partial charge in [0, 0.05) is 49.1 Å². The molecule has 2 aliphatic heterocycles. The molecule has 2 aromatic heterocycles. The topological polar surface area (TPSA) is 55.2 Å². The summed E-state index contributed by atoms with van der Waals surface area (Å²) < 4.78 is 7.94. The maximum Gasteiger partial charge on any atom is 0.134 e. The van der Waals surface area contributed by atoms with Crippen LogP contribution < -0.4 is 10.1 Å². The number of nitrogens with zero attached hydrogens (tertiary/aromatic N) is 4. The molecule has 4 aromatic rings. The van der Waals surface area contributed by atoms with Crippen molar-refractivity contribution in [3.8, 4) is 5.75 Å². The first kappa shape index (κ1) is 21.8. The zero-order valence-corrected chi connectivity index (χ0v) is 20.3. The number of hydrogen-bond acceptors (Lipinski definition) is 5. The van der Waals surface area contributed by atoms with Crippen molar-refractivity contribution in [1.29, 1.82) is 0 Å². The molecule has 0 radical (unpaired) electrons. The van der Waals surface area contributed by atoms with Gasteiger partial charge in [-0.25, -0.2) is 9.97 Å². The number of hydrogen-bond donors (Lipinski definition) is 1. The maximum absolute atomic E-state index is 6.58. The number of halogens is 1. The number of nitrogens with one attached hydrogen (secondary N) is 1. The summed E-state index contributed by atoms with van der Waals surface area (Å²) in [6.07, 6.45) is 3.39. The minimum absolute atomic E-state index is 0.480. The summed E-state index contributed by atoms with van der Waals surface area (Å²) in [6.45, 7) is 4.99. The number of ether oxygens (including phenoxy) is 1. The molecule has 0 saturated carbocycles. The van der Waals surface area contributed by atoms with Crippen molar-refractivity contribution in [2.24, 2.45) is 0 Å². The van der Waals surface area contributed by atoms with E-state index in [0.717, 1.165) is 73.3 Å². The predicted molar refractivity (Wildman–Crippen MR) is 137 cm³/mol. The van der Waals surface area contributed by atoms with Crippen molar-refractivity contribution in [1.82, 2.24) is 24.8 Å². The summed E-state index contributed by atoms with van der Waals surface area (Å²) in [6, 6.07) is 17.2. The fourth-order valence-corrected chi connectivity index (χ4v) is 5.80. The Morgan fingerprint density at radius 2 is 1.88 bits per heavy atom. The lowest BCUT2D eigenvalue weighted by Crippen LogP contribution is -2.35. The van der Waals surface area contributed by atoms with E-state index in [1.807, 2.05) is 18.2 Å². The van der Waals surface area contributed by atoms with Crippen molar-refractivity contribution in [2.75, 3.05) is 33.3 Å². The average Bonchev–Trinajstić information content (AvgIpc) is 3.53. The van der Waals surface area contributed by atoms with Crippen molar-refractivity contribution >= 4 is 33.5 Å². The summed E-state index contributed by atoms with van der Waals surface area (Å²) in [5.41, 5.74) is 4.37. The molecule has 2 fully saturated rings. The van der Waals surface area contributed by atoms with Crippen LogP contribution in [0.4, 0.5) is 0 Å². The molecule has 2 aliphatic rings. The summed E-state index contributed by atoms with van der Waals surface area (Å²) in [7, 11) is 1.69. The van der Waals surface area contributed by atoms with Gasteiger partial charge in [0.05, 0.1) is 23.7 Å². The zero-order chi connectivity index (χ0) is 23.1. The molecule has 0 aliphatic carbocycles. The van der Waals surface area contributed by atoms with Crippen LogP contribution in [0, 0.1) is 0 Å². The van der Waals surface area contributed by atoms with E-state index in [1.165, 1.54) is 17.8 Å². The van der Waals surface area contributed by atoms with Gasteiger partial charge in [0.25, 0.3) is 0 Å². The standard InChI is InChI=1S/C27H30ClN5O/c1-34-22-6-7-23-19(15-22)14-20(26(28)30-23)17-32-12-9-21(10-13-32)33-25-5-3-2-4-24(25)31-27(33)18-8-11-29-16-18/h2-7,14-15,18,21,29H,8-13,16-17H2,1H3. The van der Waals surface area contributed by atoms with Gasteiger partial charge in [0.15, 0.2) is 0 Å². The van der Waals surface area contributed by atoms with Gasteiger partial charge in [-0.05, 0) is 62.2 Å². The highest BCUT2D eigenvalue weighted by molar-refractivity contribution is 6.30. The van der Waals surface area contributed by atoms with Gasteiger partial charge >= 0.3 is 0 Å². The minimum atomic E-state index is 0.480. The lowest BCUT2D eigenvalue weighted by Gasteiger charge is -2.34. The van der Waals surface area contributed by atoms with Crippen LogP contribution in [0.15, 0.2) is 48.5 Å². The van der Waals surface area contributed by atoms with Gasteiger partial charge in [-0.1, -0.05) is 23.7 Å². The van der Waals surface area contributed by atoms with Crippen molar-refractivity contribution in [2.45, 2.75) is 37.8 Å². The Labute approximate surface area is 204 Å². The number of rotatable bonds is 5. The molecule has 34 heavy (non-hydrogen) atoms. The van der Waals surface area contributed by atoms with E-state index in [9.17, 15) is 0 Å². The van der Waals surface area contributed by atoms with Crippen LogP contribution >= 0.6 is 11.6 Å². The number of pyridine rings is 1. The van der Waals surface area contributed by atoms with Crippen LogP contribution in [0.3, 0.4) is 0 Å². The molecule has 0 bridgehead atoms. The molecule has 7 heteroatoms. The molecule has 0 amide bonds. The second-order valence-corrected chi connectivity index (χ2v) is 9.88. The van der Waals surface area contributed by atoms with Crippen LogP contribution in [0.5, 0.6) is 5.75 Å². The highest BCUT2D eigenvalue weighted by Gasteiger charge is 2.29. The Kier molecular flexibility index (Phi) is 5.89. The number of piperidine rings is 1. The number of imidazole rings is 1. The zero-order valence-electron chi connectivity index (χ0n) is 19.5. The molecular weight excluding hydrogens is 446 g/mol. The molecule has 4 heterocycles. The molecule has 6 rings (SSSR count). The SMILES string of the molecule is COc1ccc2nc(Cl)c(CN3CCC(n4c(C5CCNC5)nc5ccccc54)CC3)cc2c1. The molecule has 0 spiro atoms. The monoisotopic (exact) mass is 475 g/mol. The summed E-state index contributed by atoms with van der Waals surface area (Å²) in [5, 5.41) is 5.17. The van der Waals surface area contributed by atoms with E-state index in [1.54, 1.807) is 7.11 Å². The van der Waals surface area contributed by atoms with E-state index in [4.69, 9.17) is 21.3 Å². The molecule has 2 aromatic carbocycles. The van der Waals surface area contributed by atoms with Gasteiger partial charge in [-0.2, -0.15) is 0 Å². The number of benzene rings is 2. The Morgan fingerprint density at radius 3 is 2.68 bits per heavy atom. The number of fused-ring (bicyclic) bond motifs is 2. The summed E-state index contributed by atoms with van der Waals surface area (Å²) in [5.74, 6) is 2.61. The first-order chi connectivity index (χ1) is 16.7. The smallest absolute Gasteiger partial charge is 0.134 e. The third-order valence-corrected chi connectivity index (χ3v) is 7.74. The second kappa shape index (κ2) is 9.17. The Morgan fingerprint density at radius 1 is 1.03 bits per heavy atom. The summed E-state index contributed by atoms with van der Waals surface area (Å²) in [4.78, 5) is 12.2. The fraction of sp³-hybridized carbons (Fsp3) is 0.407. The van der Waals surface area contributed by atoms with Crippen molar-refractivity contribution in [3.63, 3.8) is 0 Å². The molecule has 176 valence electrons. The van der Waals surface area contributed by atoms with E-state index in [-0.39, 0.29) is 0 Å². The lowest BCUT2D eigenvalue weighted by molar-refractivity contribution is 0.179. The van der Waals surface area contributed by atoms with Gasteiger partial charge in [0.1, 0.15) is 16.7 Å². The van der Waals surface area contributed by atoms with Crippen molar-refractivity contribution < 1.29 is 4.74 Å². The minimum Gasteiger partial charge on any atom is -0.497 e. The predicted octanol–water partition coefficient (Wildman–Crippen LogP) is 5.16.